The molecule has 1 aliphatic heterocycles. The molecule has 1 aliphatic rings. The van der Waals surface area contributed by atoms with Crippen molar-refractivity contribution < 1.29 is 0 Å². The first kappa shape index (κ1) is 7.95. The topological polar surface area (TPSA) is 73.6 Å². The number of nitriles is 1. The molecule has 0 amide bonds. The molecule has 0 radical (unpaired) electrons. The van der Waals surface area contributed by atoms with E-state index in [0.717, 1.165) is 18.9 Å². The van der Waals surface area contributed by atoms with Gasteiger partial charge in [0, 0.05) is 13.1 Å². The molecular weight excluding hydrogens is 166 g/mol. The van der Waals surface area contributed by atoms with Gasteiger partial charge in [-0.3, -0.25) is 0 Å². The molecule has 1 fully saturated rings. The van der Waals surface area contributed by atoms with Gasteiger partial charge in [0.05, 0.1) is 18.4 Å². The Hall–Kier alpha value is -1.67. The highest BCUT2D eigenvalue weighted by Gasteiger charge is 2.16. The van der Waals surface area contributed by atoms with Crippen LogP contribution in [0.3, 0.4) is 0 Å². The van der Waals surface area contributed by atoms with Crippen LogP contribution in [0.15, 0.2) is 12.4 Å². The zero-order valence-electron chi connectivity index (χ0n) is 6.99. The fourth-order valence-electron chi connectivity index (χ4n) is 1.06. The van der Waals surface area contributed by atoms with E-state index in [4.69, 9.17) is 5.26 Å². The summed E-state index contributed by atoms with van der Waals surface area (Å²) in [5, 5.41) is 14.8. The van der Waals surface area contributed by atoms with Gasteiger partial charge in [-0.05, 0) is 0 Å². The van der Waals surface area contributed by atoms with Gasteiger partial charge >= 0.3 is 0 Å². The smallest absolute Gasteiger partial charge is 0.158 e. The molecule has 1 saturated heterocycles. The highest BCUT2D eigenvalue weighted by atomic mass is 15.1. The van der Waals surface area contributed by atoms with Crippen LogP contribution in [0, 0.1) is 11.3 Å². The maximum Gasteiger partial charge on any atom is 0.158 e. The Kier molecular flexibility index (Phi) is 2.06. The maximum atomic E-state index is 8.48. The highest BCUT2D eigenvalue weighted by molar-refractivity contribution is 5.35. The summed E-state index contributed by atoms with van der Waals surface area (Å²) >= 11 is 0. The first-order chi connectivity index (χ1) is 6.38. The molecular formula is C8H9N5. The molecule has 5 nitrogen and oxygen atoms in total. The van der Waals surface area contributed by atoms with Crippen LogP contribution < -0.4 is 10.6 Å². The van der Waals surface area contributed by atoms with Crippen molar-refractivity contribution in [1.29, 1.82) is 5.26 Å². The zero-order valence-corrected chi connectivity index (χ0v) is 6.99. The van der Waals surface area contributed by atoms with Crippen LogP contribution >= 0.6 is 0 Å². The second-order valence-electron chi connectivity index (χ2n) is 2.90. The molecule has 5 heteroatoms. The van der Waals surface area contributed by atoms with Crippen molar-refractivity contribution in [3.8, 4) is 6.07 Å². The van der Waals surface area contributed by atoms with Gasteiger partial charge in [0.2, 0.25) is 0 Å². The van der Waals surface area contributed by atoms with Crippen LogP contribution in [0.1, 0.15) is 5.69 Å². The molecule has 1 aromatic rings. The van der Waals surface area contributed by atoms with Crippen LogP contribution in [0.25, 0.3) is 0 Å². The lowest BCUT2D eigenvalue weighted by Gasteiger charge is -2.28. The van der Waals surface area contributed by atoms with Gasteiger partial charge in [-0.25, -0.2) is 9.97 Å². The Morgan fingerprint density at radius 2 is 2.31 bits per heavy atom. The third-order valence-electron chi connectivity index (χ3n) is 1.90. The van der Waals surface area contributed by atoms with Gasteiger partial charge in [0.1, 0.15) is 11.9 Å². The van der Waals surface area contributed by atoms with Crippen LogP contribution in [-0.4, -0.2) is 29.1 Å². The van der Waals surface area contributed by atoms with E-state index in [1.165, 1.54) is 6.20 Å². The van der Waals surface area contributed by atoms with Crippen LogP contribution in [-0.2, 0) is 0 Å². The number of anilines is 1. The van der Waals surface area contributed by atoms with Crippen LogP contribution in [0.2, 0.25) is 0 Å². The van der Waals surface area contributed by atoms with Gasteiger partial charge in [-0.1, -0.05) is 0 Å². The van der Waals surface area contributed by atoms with E-state index in [-0.39, 0.29) is 0 Å². The molecule has 2 N–H and O–H groups in total. The lowest BCUT2D eigenvalue weighted by Crippen LogP contribution is -2.51. The first-order valence-electron chi connectivity index (χ1n) is 4.08. The Bertz CT molecular complexity index is 321. The van der Waals surface area contributed by atoms with Crippen molar-refractivity contribution in [2.75, 3.05) is 18.4 Å². The van der Waals surface area contributed by atoms with Gasteiger partial charge in [-0.2, -0.15) is 5.26 Å². The van der Waals surface area contributed by atoms with E-state index in [0.29, 0.717) is 11.7 Å². The van der Waals surface area contributed by atoms with E-state index in [9.17, 15) is 0 Å². The molecule has 0 bridgehead atoms. The first-order valence-corrected chi connectivity index (χ1v) is 4.08. The van der Waals surface area contributed by atoms with Gasteiger partial charge in [0.25, 0.3) is 0 Å². The highest BCUT2D eigenvalue weighted by Crippen LogP contribution is 2.04. The second kappa shape index (κ2) is 3.37. The average Bonchev–Trinajstić information content (AvgIpc) is 2.12. The Morgan fingerprint density at radius 3 is 2.77 bits per heavy atom. The summed E-state index contributed by atoms with van der Waals surface area (Å²) in [6.45, 7) is 1.92. The van der Waals surface area contributed by atoms with Gasteiger partial charge in [0.15, 0.2) is 5.69 Å². The summed E-state index contributed by atoms with van der Waals surface area (Å²) in [7, 11) is 0. The number of rotatable bonds is 2. The van der Waals surface area contributed by atoms with E-state index in [1.54, 1.807) is 6.20 Å². The monoisotopic (exact) mass is 175 g/mol. The summed E-state index contributed by atoms with van der Waals surface area (Å²) in [5.74, 6) is 0.727. The Morgan fingerprint density at radius 1 is 1.46 bits per heavy atom. The quantitative estimate of drug-likeness (QED) is 0.647. The van der Waals surface area contributed by atoms with Crippen LogP contribution in [0.4, 0.5) is 5.82 Å². The minimum absolute atomic E-state index is 0.345. The molecule has 66 valence electrons. The molecule has 0 aliphatic carbocycles. The van der Waals surface area contributed by atoms with E-state index in [2.05, 4.69) is 20.6 Å². The predicted octanol–water partition coefficient (Wildman–Crippen LogP) is -0.268. The minimum Gasteiger partial charge on any atom is -0.363 e. The third-order valence-corrected chi connectivity index (χ3v) is 1.90. The standard InChI is InChI=1S/C8H9N5/c9-1-6-4-12-8(5-11-6)13-7-2-10-3-7/h4-5,7,10H,2-3H2,(H,12,13). The predicted molar refractivity (Wildman–Crippen MR) is 47.0 cm³/mol. The minimum atomic E-state index is 0.345. The van der Waals surface area contributed by atoms with Gasteiger partial charge < -0.3 is 10.6 Å². The summed E-state index contributed by atoms with van der Waals surface area (Å²) in [6.07, 6.45) is 3.05. The van der Waals surface area contributed by atoms with E-state index < -0.39 is 0 Å². The SMILES string of the molecule is N#Cc1cnc(NC2CNC2)cn1. The molecule has 0 saturated carbocycles. The molecule has 0 spiro atoms. The molecule has 2 heterocycles. The summed E-state index contributed by atoms with van der Waals surface area (Å²) in [5.41, 5.74) is 0.345. The third kappa shape index (κ3) is 1.73. The van der Waals surface area contributed by atoms with Crippen molar-refractivity contribution in [3.63, 3.8) is 0 Å². The number of nitrogens with zero attached hydrogens (tertiary/aromatic N) is 3. The summed E-state index contributed by atoms with van der Waals surface area (Å²) < 4.78 is 0. The molecule has 0 atom stereocenters. The average molecular weight is 175 g/mol. The summed E-state index contributed by atoms with van der Waals surface area (Å²) in [6, 6.07) is 2.37. The maximum absolute atomic E-state index is 8.48. The molecule has 13 heavy (non-hydrogen) atoms. The van der Waals surface area contributed by atoms with Crippen molar-refractivity contribution in [2.45, 2.75) is 6.04 Å². The summed E-state index contributed by atoms with van der Waals surface area (Å²) in [4.78, 5) is 7.95. The number of hydrogen-bond acceptors (Lipinski definition) is 5. The van der Waals surface area contributed by atoms with E-state index >= 15 is 0 Å². The van der Waals surface area contributed by atoms with Crippen molar-refractivity contribution >= 4 is 5.82 Å². The van der Waals surface area contributed by atoms with Crippen molar-refractivity contribution in [2.24, 2.45) is 0 Å². The fourth-order valence-corrected chi connectivity index (χ4v) is 1.06. The number of aromatic nitrogens is 2. The van der Waals surface area contributed by atoms with E-state index in [1.807, 2.05) is 6.07 Å². The fraction of sp³-hybridized carbons (Fsp3) is 0.375. The molecule has 1 aromatic heterocycles. The Labute approximate surface area is 75.8 Å². The van der Waals surface area contributed by atoms with Crippen LogP contribution in [0.5, 0.6) is 0 Å². The van der Waals surface area contributed by atoms with Gasteiger partial charge in [-0.15, -0.1) is 0 Å². The van der Waals surface area contributed by atoms with Crippen molar-refractivity contribution in [3.05, 3.63) is 18.1 Å². The largest absolute Gasteiger partial charge is 0.363 e. The van der Waals surface area contributed by atoms with Crippen molar-refractivity contribution in [1.82, 2.24) is 15.3 Å². The number of nitrogens with one attached hydrogen (secondary N) is 2. The zero-order chi connectivity index (χ0) is 9.10. The lowest BCUT2D eigenvalue weighted by molar-refractivity contribution is 0.471. The second-order valence-corrected chi connectivity index (χ2v) is 2.90. The molecule has 0 unspecified atom stereocenters. The number of hydrogen-bond donors (Lipinski definition) is 2. The lowest BCUT2D eigenvalue weighted by atomic mass is 10.2. The molecule has 0 aromatic carbocycles. The Balaban J connectivity index is 2.01. The normalized spacial score (nSPS) is 15.9. The molecule has 2 rings (SSSR count).